The third-order valence-corrected chi connectivity index (χ3v) is 31.3. The van der Waals surface area contributed by atoms with Gasteiger partial charge in [0.1, 0.15) is 5.65 Å². The van der Waals surface area contributed by atoms with E-state index in [1.165, 1.54) is 199 Å². The summed E-state index contributed by atoms with van der Waals surface area (Å²) in [6.07, 6.45) is 37.3. The van der Waals surface area contributed by atoms with Gasteiger partial charge in [-0.15, -0.1) is 0 Å². The number of hydrogen-bond donors (Lipinski definition) is 0. The molecule has 8 unspecified atom stereocenters. The first-order chi connectivity index (χ1) is 63.3. The van der Waals surface area contributed by atoms with E-state index in [9.17, 15) is 0 Å². The molecule has 1 aliphatic heterocycles. The minimum Gasteiger partial charge on any atom is -0.341 e. The minimum absolute atomic E-state index is 0.0916. The Labute approximate surface area is 748 Å². The van der Waals surface area contributed by atoms with E-state index in [4.69, 9.17) is 9.97 Å². The number of imidazole rings is 1. The maximum absolute atomic E-state index is 5.08. The maximum atomic E-state index is 5.08. The summed E-state index contributed by atoms with van der Waals surface area (Å²) >= 11 is 0. The van der Waals surface area contributed by atoms with Crippen LogP contribution in [-0.4, -0.2) is 44.1 Å². The van der Waals surface area contributed by atoms with Gasteiger partial charge in [0.25, 0.3) is 0 Å². The van der Waals surface area contributed by atoms with Gasteiger partial charge in [-0.05, 0) is 272 Å². The second-order valence-corrected chi connectivity index (χ2v) is 38.3. The molecule has 0 spiro atoms. The van der Waals surface area contributed by atoms with Crippen molar-refractivity contribution in [1.29, 1.82) is 0 Å². The highest BCUT2D eigenvalue weighted by Gasteiger charge is 2.59. The van der Waals surface area contributed by atoms with Gasteiger partial charge in [-0.3, -0.25) is 9.97 Å². The molecule has 9 heterocycles. The van der Waals surface area contributed by atoms with Gasteiger partial charge < -0.3 is 23.0 Å². The zero-order valence-electron chi connectivity index (χ0n) is 72.1. The van der Waals surface area contributed by atoms with Crippen LogP contribution in [0.5, 0.6) is 0 Å². The largest absolute Gasteiger partial charge is 0.341 e. The third kappa shape index (κ3) is 13.0. The summed E-state index contributed by atoms with van der Waals surface area (Å²) in [6, 6.07) is 125. The van der Waals surface area contributed by atoms with E-state index < -0.39 is 0 Å². The molecule has 7 fully saturated rings. The third-order valence-electron chi connectivity index (χ3n) is 31.3. The van der Waals surface area contributed by atoms with Gasteiger partial charge in [-0.1, -0.05) is 262 Å². The summed E-state index contributed by atoms with van der Waals surface area (Å²) in [5, 5.41) is 6.67. The molecule has 19 aromatic rings. The van der Waals surface area contributed by atoms with E-state index in [2.05, 4.69) is 367 Å². The molecule has 28 rings (SSSR count). The zero-order chi connectivity index (χ0) is 84.4. The first-order valence-electron chi connectivity index (χ1n) is 46.9. The molecule has 9 heteroatoms. The molecule has 0 radical (unpaired) electrons. The fraction of sp³-hybridized carbons (Fsp3) is 0.210. The lowest BCUT2D eigenvalue weighted by atomic mass is 9.45. The summed E-state index contributed by atoms with van der Waals surface area (Å²) in [7, 11) is 0. The lowest BCUT2D eigenvalue weighted by Crippen LogP contribution is -2.58. The van der Waals surface area contributed by atoms with Crippen LogP contribution in [0.3, 0.4) is 0 Å². The Morgan fingerprint density at radius 3 is 1.45 bits per heavy atom. The smallest absolute Gasteiger partial charge is 0.137 e. The molecule has 11 aromatic carbocycles. The first kappa shape index (κ1) is 76.4. The second kappa shape index (κ2) is 31.2. The number of rotatable bonds is 13. The Morgan fingerprint density at radius 2 is 0.867 bits per heavy atom. The number of para-hydroxylation sites is 6. The lowest BCUT2D eigenvalue weighted by Gasteiger charge is -2.63. The predicted octanol–water partition coefficient (Wildman–Crippen LogP) is 29.2. The van der Waals surface area contributed by atoms with Crippen molar-refractivity contribution in [3.05, 3.63) is 428 Å². The van der Waals surface area contributed by atoms with Crippen LogP contribution in [-0.2, 0) is 16.4 Å². The Bertz CT molecular complexity index is 7240. The molecule has 0 N–H and O–H groups in total. The fourth-order valence-corrected chi connectivity index (χ4v) is 26.1. The first-order valence-corrected chi connectivity index (χ1v) is 46.9. The Morgan fingerprint density at radius 1 is 0.352 bits per heavy atom. The van der Waals surface area contributed by atoms with Crippen LogP contribution < -0.4 is 4.90 Å². The van der Waals surface area contributed by atoms with Crippen LogP contribution in [0.15, 0.2) is 395 Å². The average molecular weight is 1660 g/mol. The van der Waals surface area contributed by atoms with Gasteiger partial charge in [-0.25, -0.2) is 9.97 Å². The van der Waals surface area contributed by atoms with Crippen molar-refractivity contribution >= 4 is 71.5 Å². The van der Waals surface area contributed by atoms with Gasteiger partial charge >= 0.3 is 0 Å². The van der Waals surface area contributed by atoms with Crippen molar-refractivity contribution < 1.29 is 0 Å². The Kier molecular flexibility index (Phi) is 18.6. The predicted molar refractivity (Wildman–Crippen MR) is 525 cm³/mol. The summed E-state index contributed by atoms with van der Waals surface area (Å²) in [5.41, 5.74) is 30.1. The standard InChI is InChI=1S/C42H36N2.C39H34N4.C38H31N3/c1-2-10-31(11-3-1)37-27-43(38-15-7-4-14-36(37)38)42-25-29-22-30(26-42)24-41(23-29,28-42)32-18-20-33(21-19-32)44-39-16-8-5-12-34(39)35-13-6-9-17-40(35)44;1-8-22-39(23-9-1,29-26-35(33-14-6-10-24-40-33)42-36(27-29)34-15-7-11-25-41-34)28-18-20-30(21-19-28)43-37-16-4-2-12-31(37)32-13-3-5-17-38(32)43;1-3-9-36-31(7-1)32-8-2-4-10-37(32)41(36)30-18-16-26(17-19-30)34-23-28-21-29(34)22-33(28)25-12-14-27(15-13-25)35-24-40-20-6-5-11-38(40)39-35/h1-21,27,29-30H,22-26,28H2;2-7,10-21,24-27,31,37H,1,8-9,22-23H2;1-20,24,28-29,33-34H,21-23H2. The van der Waals surface area contributed by atoms with E-state index in [-0.39, 0.29) is 16.4 Å². The van der Waals surface area contributed by atoms with Crippen LogP contribution in [0.1, 0.15) is 141 Å². The lowest BCUT2D eigenvalue weighted by molar-refractivity contribution is -0.0606. The molecule has 9 nitrogen and oxygen atoms in total. The van der Waals surface area contributed by atoms with Crippen LogP contribution in [0.25, 0.3) is 117 Å². The molecule has 622 valence electrons. The normalized spacial score (nSPS) is 22.6. The molecule has 0 saturated heterocycles. The maximum Gasteiger partial charge on any atom is 0.137 e. The molecule has 9 aliphatic rings. The summed E-state index contributed by atoms with van der Waals surface area (Å²) in [4.78, 5) is 21.7. The molecule has 6 bridgehead atoms. The highest BCUT2D eigenvalue weighted by molar-refractivity contribution is 6.10. The van der Waals surface area contributed by atoms with Crippen LogP contribution in [0, 0.1) is 23.7 Å². The second-order valence-electron chi connectivity index (χ2n) is 38.3. The number of pyridine rings is 4. The number of allylic oxidation sites excluding steroid dienone is 2. The van der Waals surface area contributed by atoms with Crippen molar-refractivity contribution in [2.45, 2.75) is 130 Å². The average Bonchev–Trinajstić information content (AvgIpc) is 1.24. The van der Waals surface area contributed by atoms with E-state index in [1.54, 1.807) is 5.56 Å². The molecule has 128 heavy (non-hydrogen) atoms. The summed E-state index contributed by atoms with van der Waals surface area (Å²) in [6.45, 7) is 0. The topological polar surface area (TPSA) is 74.0 Å². The Balaban J connectivity index is 0.000000104. The number of fused-ring (bicyclic) bond motifs is 13. The number of benzene rings is 11. The minimum atomic E-state index is -0.0916. The van der Waals surface area contributed by atoms with Crippen molar-refractivity contribution in [2.24, 2.45) is 23.7 Å². The summed E-state index contributed by atoms with van der Waals surface area (Å²) < 4.78 is 9.71. The van der Waals surface area contributed by atoms with Crippen molar-refractivity contribution in [3.63, 3.8) is 0 Å². The van der Waals surface area contributed by atoms with Crippen molar-refractivity contribution in [2.75, 3.05) is 4.90 Å². The fourth-order valence-electron chi connectivity index (χ4n) is 26.1. The van der Waals surface area contributed by atoms with E-state index in [0.717, 1.165) is 70.6 Å². The molecular weight excluding hydrogens is 1560 g/mol. The van der Waals surface area contributed by atoms with Crippen LogP contribution in [0.4, 0.5) is 11.4 Å². The van der Waals surface area contributed by atoms with Gasteiger partial charge in [0, 0.05) is 114 Å². The van der Waals surface area contributed by atoms with E-state index in [1.807, 2.05) is 60.9 Å². The van der Waals surface area contributed by atoms with Gasteiger partial charge in [0.15, 0.2) is 0 Å². The highest BCUT2D eigenvalue weighted by Crippen LogP contribution is 2.66. The van der Waals surface area contributed by atoms with Crippen molar-refractivity contribution in [1.82, 2.24) is 38.0 Å². The highest BCUT2D eigenvalue weighted by atomic mass is 15.2. The van der Waals surface area contributed by atoms with Crippen LogP contribution in [0.2, 0.25) is 0 Å². The molecule has 0 amide bonds. The van der Waals surface area contributed by atoms with Gasteiger partial charge in [0.05, 0.1) is 56.6 Å². The molecule has 8 aliphatic carbocycles. The SMILES string of the molecule is C1=CC2c3ccccc3N(c3ccc(C4(c5cc(-c6ccccn6)nc(-c6ccccn6)c5)CCCCC4)cc3)C2C=C1.c1ccc(-c2cn(C34CC5CC(CC(c6ccc(-n7c8ccccc8c8ccccc87)cc6)(C5)C3)C4)c3ccccc23)cc1.c1ccc2c(c1)c1ccccc1n2-c1ccc(C2CC3CC2CC3c2ccc(-c3cn4ccccc4n3)cc2)cc1. The summed E-state index contributed by atoms with van der Waals surface area (Å²) in [5.74, 6) is 4.91. The van der Waals surface area contributed by atoms with E-state index in [0.29, 0.717) is 23.8 Å². The molecule has 7 saturated carbocycles. The van der Waals surface area contributed by atoms with Crippen molar-refractivity contribution in [3.8, 4) is 56.5 Å². The number of aromatic nitrogens is 8. The Hall–Kier alpha value is -14.0. The quantitative estimate of drug-likeness (QED) is 0.115. The number of anilines is 2. The zero-order valence-corrected chi connectivity index (χ0v) is 72.1. The van der Waals surface area contributed by atoms with Gasteiger partial charge in [0.2, 0.25) is 0 Å². The van der Waals surface area contributed by atoms with Crippen LogP contribution >= 0.6 is 0 Å². The number of hydrogen-bond acceptors (Lipinski definition) is 5. The monoisotopic (exact) mass is 1660 g/mol. The molecule has 8 atom stereocenters. The van der Waals surface area contributed by atoms with Gasteiger partial charge in [-0.2, -0.15) is 0 Å². The van der Waals surface area contributed by atoms with E-state index >= 15 is 0 Å². The molecular formula is C119H101N9. The number of nitrogens with zero attached hydrogens (tertiary/aromatic N) is 9. The molecule has 8 aromatic heterocycles.